The predicted molar refractivity (Wildman–Crippen MR) is 209 cm³/mol. The third-order valence-corrected chi connectivity index (χ3v) is 9.99. The normalized spacial score (nSPS) is 10.9. The van der Waals surface area contributed by atoms with Crippen molar-refractivity contribution >= 4 is 27.9 Å². The summed E-state index contributed by atoms with van der Waals surface area (Å²) < 4.78 is 27.7. The van der Waals surface area contributed by atoms with E-state index in [0.29, 0.717) is 59.5 Å². The van der Waals surface area contributed by atoms with Crippen LogP contribution in [0.5, 0.6) is 23.0 Å². The molecule has 0 unspecified atom stereocenters. The van der Waals surface area contributed by atoms with E-state index in [9.17, 15) is 14.4 Å². The summed E-state index contributed by atoms with van der Waals surface area (Å²) in [7, 11) is -0.647. The summed E-state index contributed by atoms with van der Waals surface area (Å²) in [5.74, 6) is 1.91. The molecule has 0 aromatic heterocycles. The highest BCUT2D eigenvalue weighted by Crippen LogP contribution is 2.41. The molecule has 278 valence electrons. The van der Waals surface area contributed by atoms with Crippen LogP contribution in [-0.2, 0) is 9.53 Å². The average Bonchev–Trinajstić information content (AvgIpc) is 3.14. The van der Waals surface area contributed by atoms with Crippen molar-refractivity contribution in [2.24, 2.45) is 0 Å². The van der Waals surface area contributed by atoms with Crippen LogP contribution in [0, 0.1) is 6.92 Å². The number of hydrogen-bond donors (Lipinski definition) is 0. The molecule has 0 bridgehead atoms. The van der Waals surface area contributed by atoms with Gasteiger partial charge in [0, 0.05) is 6.08 Å². The smallest absolute Gasteiger partial charge is 0.343 e. The Kier molecular flexibility index (Phi) is 19.9. The predicted octanol–water partition coefficient (Wildman–Crippen LogP) is 10.3. The van der Waals surface area contributed by atoms with E-state index < -0.39 is 27.9 Å². The lowest BCUT2D eigenvalue weighted by molar-refractivity contribution is -0.137. The van der Waals surface area contributed by atoms with Gasteiger partial charge in [-0.1, -0.05) is 45.3 Å². The van der Waals surface area contributed by atoms with E-state index in [1.54, 1.807) is 73.7 Å². The van der Waals surface area contributed by atoms with Crippen molar-refractivity contribution in [1.29, 1.82) is 0 Å². The van der Waals surface area contributed by atoms with Crippen molar-refractivity contribution in [3.8, 4) is 23.0 Å². The van der Waals surface area contributed by atoms with E-state index in [2.05, 4.69) is 31.1 Å². The molecule has 0 N–H and O–H groups in total. The minimum atomic E-state index is -0.647. The zero-order valence-corrected chi connectivity index (χ0v) is 31.9. The molecule has 8 nitrogen and oxygen atoms in total. The van der Waals surface area contributed by atoms with Crippen LogP contribution >= 0.6 is 10.0 Å². The van der Waals surface area contributed by atoms with Gasteiger partial charge in [0.1, 0.15) is 23.0 Å². The summed E-state index contributed by atoms with van der Waals surface area (Å²) in [6.45, 7) is 14.7. The van der Waals surface area contributed by atoms with Gasteiger partial charge < -0.3 is 23.7 Å². The molecule has 0 aliphatic carbocycles. The van der Waals surface area contributed by atoms with Gasteiger partial charge in [0.05, 0.1) is 30.9 Å². The van der Waals surface area contributed by atoms with Crippen LogP contribution in [0.3, 0.4) is 0 Å². The maximum atomic E-state index is 12.8. The molecule has 0 aliphatic rings. The molecular formula is C42H56O8S. The third kappa shape index (κ3) is 16.8. The molecule has 3 rings (SSSR count). The molecule has 0 aliphatic heterocycles. The zero-order valence-electron chi connectivity index (χ0n) is 31.1. The number of ether oxygens (including phenoxy) is 5. The summed E-state index contributed by atoms with van der Waals surface area (Å²) in [4.78, 5) is 36.5. The fourth-order valence-electron chi connectivity index (χ4n) is 4.68. The van der Waals surface area contributed by atoms with Crippen LogP contribution < -0.4 is 18.9 Å². The fraction of sp³-hybridized carbons (Fsp3) is 0.405. The summed E-state index contributed by atoms with van der Waals surface area (Å²) in [6, 6.07) is 18.5. The Balaban J connectivity index is 0.00000442. The Bertz CT molecular complexity index is 1510. The number of aryl methyl sites for hydroxylation is 1. The van der Waals surface area contributed by atoms with E-state index in [4.69, 9.17) is 23.7 Å². The van der Waals surface area contributed by atoms with E-state index >= 15 is 0 Å². The first-order valence-electron chi connectivity index (χ1n) is 17.7. The Hall–Kier alpha value is -4.50. The highest BCUT2D eigenvalue weighted by atomic mass is 32.3. The second kappa shape index (κ2) is 23.8. The van der Waals surface area contributed by atoms with Crippen molar-refractivity contribution in [1.82, 2.24) is 0 Å². The minimum absolute atomic E-state index is 0.338. The zero-order chi connectivity index (χ0) is 37.5. The van der Waals surface area contributed by atoms with Crippen molar-refractivity contribution in [2.75, 3.05) is 38.1 Å². The second-order valence-electron chi connectivity index (χ2n) is 12.1. The second-order valence-corrected chi connectivity index (χ2v) is 16.1. The van der Waals surface area contributed by atoms with E-state index in [0.717, 1.165) is 44.6 Å². The molecule has 9 heteroatoms. The standard InChI is InChI=1S/C40H50O8S.C2H6/c1-6-38(41)46-28-14-9-8-12-26-44-34-20-16-32(17-21-34)39(42)47-36-24-25-37(31(3)30-36)48-40(43)33-18-22-35(23-19-33)45-27-13-10-11-15-29-49(4,5)7-2;1-2/h6-7,16-25,30H,1-2,8-15,26-29H2,3-5H3;1-2H3. The third-order valence-electron chi connectivity index (χ3n) is 7.74. The van der Waals surface area contributed by atoms with Crippen LogP contribution in [0.25, 0.3) is 0 Å². The average molecular weight is 721 g/mol. The molecule has 51 heavy (non-hydrogen) atoms. The van der Waals surface area contributed by atoms with Gasteiger partial charge in [-0.3, -0.25) is 0 Å². The molecule has 0 spiro atoms. The molecule has 0 saturated carbocycles. The summed E-state index contributed by atoms with van der Waals surface area (Å²) in [5, 5.41) is 2.11. The maximum absolute atomic E-state index is 12.8. The Labute approximate surface area is 306 Å². The Morgan fingerprint density at radius 2 is 1.10 bits per heavy atom. The molecule has 0 atom stereocenters. The Morgan fingerprint density at radius 3 is 1.59 bits per heavy atom. The number of carbonyl (C=O) groups is 3. The molecule has 0 saturated heterocycles. The first kappa shape index (κ1) is 42.7. The van der Waals surface area contributed by atoms with Crippen molar-refractivity contribution in [2.45, 2.75) is 72.1 Å². The molecule has 0 heterocycles. The first-order chi connectivity index (χ1) is 24.6. The highest BCUT2D eigenvalue weighted by Gasteiger charge is 2.14. The van der Waals surface area contributed by atoms with Crippen LogP contribution in [0.2, 0.25) is 0 Å². The largest absolute Gasteiger partial charge is 0.494 e. The van der Waals surface area contributed by atoms with Gasteiger partial charge in [-0.2, -0.15) is 0 Å². The van der Waals surface area contributed by atoms with Gasteiger partial charge in [0.25, 0.3) is 0 Å². The van der Waals surface area contributed by atoms with Crippen molar-refractivity contribution in [3.63, 3.8) is 0 Å². The van der Waals surface area contributed by atoms with E-state index in [-0.39, 0.29) is 0 Å². The number of hydrogen-bond acceptors (Lipinski definition) is 8. The van der Waals surface area contributed by atoms with Gasteiger partial charge in [-0.25, -0.2) is 24.4 Å². The monoisotopic (exact) mass is 720 g/mol. The summed E-state index contributed by atoms with van der Waals surface area (Å²) >= 11 is 0. The quantitative estimate of drug-likeness (QED) is 0.0438. The van der Waals surface area contributed by atoms with Crippen LogP contribution in [0.15, 0.2) is 91.4 Å². The van der Waals surface area contributed by atoms with Crippen LogP contribution in [0.1, 0.15) is 91.5 Å². The number of unbranched alkanes of at least 4 members (excludes halogenated alkanes) is 6. The fourth-order valence-corrected chi connectivity index (χ4v) is 5.80. The topological polar surface area (TPSA) is 97.4 Å². The molecule has 0 amide bonds. The number of benzene rings is 3. The lowest BCUT2D eigenvalue weighted by Gasteiger charge is -2.26. The van der Waals surface area contributed by atoms with Gasteiger partial charge >= 0.3 is 17.9 Å². The Morgan fingerprint density at radius 1 is 0.627 bits per heavy atom. The molecule has 0 radical (unpaired) electrons. The summed E-state index contributed by atoms with van der Waals surface area (Å²) in [5.41, 5.74) is 1.44. The number of carbonyl (C=O) groups excluding carboxylic acids is 3. The van der Waals surface area contributed by atoms with Gasteiger partial charge in [0.15, 0.2) is 0 Å². The van der Waals surface area contributed by atoms with E-state index in [1.165, 1.54) is 18.6 Å². The highest BCUT2D eigenvalue weighted by molar-refractivity contribution is 8.35. The lowest BCUT2D eigenvalue weighted by atomic mass is 10.2. The van der Waals surface area contributed by atoms with Gasteiger partial charge in [-0.15, -0.1) is 0 Å². The van der Waals surface area contributed by atoms with Gasteiger partial charge in [-0.05, 0) is 136 Å². The SMILES string of the molecule is C=CC(=O)OCCCCCCOc1ccc(C(=O)Oc2ccc(OC(=O)c3ccc(OCCCCCCS(C)(C)C=C)cc3)c(C)c2)cc1.CC. The van der Waals surface area contributed by atoms with Gasteiger partial charge in [0.2, 0.25) is 0 Å². The number of esters is 3. The van der Waals surface area contributed by atoms with Crippen molar-refractivity contribution in [3.05, 3.63) is 108 Å². The first-order valence-corrected chi connectivity index (χ1v) is 20.4. The molecular weight excluding hydrogens is 665 g/mol. The number of rotatable bonds is 22. The molecule has 3 aromatic rings. The van der Waals surface area contributed by atoms with Crippen molar-refractivity contribution < 1.29 is 38.1 Å². The lowest BCUT2D eigenvalue weighted by Crippen LogP contribution is -2.10. The molecule has 0 fully saturated rings. The summed E-state index contributed by atoms with van der Waals surface area (Å²) in [6.07, 6.45) is 13.8. The minimum Gasteiger partial charge on any atom is -0.494 e. The molecule has 3 aromatic carbocycles. The maximum Gasteiger partial charge on any atom is 0.343 e. The van der Waals surface area contributed by atoms with E-state index in [1.807, 2.05) is 13.8 Å². The van der Waals surface area contributed by atoms with Crippen LogP contribution in [0.4, 0.5) is 0 Å². The van der Waals surface area contributed by atoms with Crippen LogP contribution in [-0.4, -0.2) is 56.0 Å².